The highest BCUT2D eigenvalue weighted by atomic mass is 19.1. The van der Waals surface area contributed by atoms with Crippen molar-refractivity contribution in [3.63, 3.8) is 0 Å². The van der Waals surface area contributed by atoms with E-state index in [-0.39, 0.29) is 18.7 Å². The van der Waals surface area contributed by atoms with Gasteiger partial charge < -0.3 is 9.64 Å². The van der Waals surface area contributed by atoms with Gasteiger partial charge in [-0.05, 0) is 31.5 Å². The van der Waals surface area contributed by atoms with Crippen LogP contribution in [0.25, 0.3) is 0 Å². The van der Waals surface area contributed by atoms with E-state index >= 15 is 0 Å². The number of carbonyl (C=O) groups is 2. The van der Waals surface area contributed by atoms with Crippen LogP contribution in [0.1, 0.15) is 22.8 Å². The standard InChI is InChI=1S/C13H16FNO3/c1-4-18-12(16)8-15(3)13(17)10-6-5-9(2)11(14)7-10/h5-7H,4,8H2,1-3H3. The van der Waals surface area contributed by atoms with E-state index in [2.05, 4.69) is 0 Å². The Morgan fingerprint density at radius 3 is 2.61 bits per heavy atom. The summed E-state index contributed by atoms with van der Waals surface area (Å²) in [6, 6.07) is 4.22. The van der Waals surface area contributed by atoms with Crippen LogP contribution in [0.4, 0.5) is 4.39 Å². The third-order valence-corrected chi connectivity index (χ3v) is 2.44. The number of hydrogen-bond donors (Lipinski definition) is 0. The van der Waals surface area contributed by atoms with Gasteiger partial charge in [0.25, 0.3) is 5.91 Å². The van der Waals surface area contributed by atoms with Gasteiger partial charge in [0.15, 0.2) is 0 Å². The van der Waals surface area contributed by atoms with Gasteiger partial charge in [0.1, 0.15) is 12.4 Å². The molecule has 0 aliphatic heterocycles. The van der Waals surface area contributed by atoms with Crippen molar-refractivity contribution in [3.8, 4) is 0 Å². The van der Waals surface area contributed by atoms with Crippen molar-refractivity contribution in [2.24, 2.45) is 0 Å². The van der Waals surface area contributed by atoms with Crippen LogP contribution in [0.3, 0.4) is 0 Å². The van der Waals surface area contributed by atoms with Crippen molar-refractivity contribution in [2.45, 2.75) is 13.8 Å². The van der Waals surface area contributed by atoms with Crippen molar-refractivity contribution in [1.82, 2.24) is 4.90 Å². The molecule has 0 spiro atoms. The second-order valence-electron chi connectivity index (χ2n) is 3.93. The maximum Gasteiger partial charge on any atom is 0.325 e. The minimum atomic E-state index is -0.485. The molecule has 1 aromatic rings. The molecule has 0 heterocycles. The Morgan fingerprint density at radius 1 is 1.39 bits per heavy atom. The lowest BCUT2D eigenvalue weighted by molar-refractivity contribution is -0.143. The van der Waals surface area contributed by atoms with Crippen LogP contribution in [0.2, 0.25) is 0 Å². The van der Waals surface area contributed by atoms with Gasteiger partial charge in [0.2, 0.25) is 0 Å². The smallest absolute Gasteiger partial charge is 0.325 e. The highest BCUT2D eigenvalue weighted by molar-refractivity contribution is 5.95. The topological polar surface area (TPSA) is 46.6 Å². The number of amides is 1. The Balaban J connectivity index is 2.74. The predicted octanol–water partition coefficient (Wildman–Crippen LogP) is 1.77. The molecule has 1 rings (SSSR count). The second-order valence-corrected chi connectivity index (χ2v) is 3.93. The Labute approximate surface area is 105 Å². The fraction of sp³-hybridized carbons (Fsp3) is 0.385. The molecule has 0 saturated carbocycles. The van der Waals surface area contributed by atoms with Crippen LogP contribution in [0, 0.1) is 12.7 Å². The first-order valence-electron chi connectivity index (χ1n) is 5.63. The number of esters is 1. The molecule has 0 aliphatic rings. The summed E-state index contributed by atoms with van der Waals surface area (Å²) in [5.41, 5.74) is 0.685. The average Bonchev–Trinajstić information content (AvgIpc) is 2.32. The summed E-state index contributed by atoms with van der Waals surface area (Å²) >= 11 is 0. The minimum Gasteiger partial charge on any atom is -0.465 e. The Kier molecular flexibility index (Phi) is 4.83. The van der Waals surface area contributed by atoms with Crippen molar-refractivity contribution in [1.29, 1.82) is 0 Å². The van der Waals surface area contributed by atoms with E-state index in [0.29, 0.717) is 5.56 Å². The number of carbonyl (C=O) groups excluding carboxylic acids is 2. The quantitative estimate of drug-likeness (QED) is 0.768. The van der Waals surface area contributed by atoms with E-state index in [1.165, 1.54) is 30.1 Å². The maximum atomic E-state index is 13.3. The van der Waals surface area contributed by atoms with Crippen LogP contribution in [0.15, 0.2) is 18.2 Å². The van der Waals surface area contributed by atoms with Gasteiger partial charge in [0.05, 0.1) is 6.61 Å². The molecule has 0 radical (unpaired) electrons. The molecule has 1 amide bonds. The first-order valence-corrected chi connectivity index (χ1v) is 5.63. The molecule has 1 aromatic carbocycles. The van der Waals surface area contributed by atoms with Gasteiger partial charge >= 0.3 is 5.97 Å². The predicted molar refractivity (Wildman–Crippen MR) is 64.7 cm³/mol. The molecule has 18 heavy (non-hydrogen) atoms. The van der Waals surface area contributed by atoms with Crippen LogP contribution < -0.4 is 0 Å². The molecule has 0 aliphatic carbocycles. The number of rotatable bonds is 4. The molecular formula is C13H16FNO3. The Morgan fingerprint density at radius 2 is 2.06 bits per heavy atom. The molecule has 98 valence electrons. The number of halogens is 1. The summed E-state index contributed by atoms with van der Waals surface area (Å²) in [5.74, 6) is -1.34. The van der Waals surface area contributed by atoms with Crippen molar-refractivity contribution in [2.75, 3.05) is 20.2 Å². The second kappa shape index (κ2) is 6.14. The number of likely N-dealkylation sites (N-methyl/N-ethyl adjacent to an activating group) is 1. The molecular weight excluding hydrogens is 237 g/mol. The summed E-state index contributed by atoms with van der Waals surface area (Å²) in [6.45, 7) is 3.42. The largest absolute Gasteiger partial charge is 0.465 e. The first kappa shape index (κ1) is 14.2. The lowest BCUT2D eigenvalue weighted by atomic mass is 10.1. The monoisotopic (exact) mass is 253 g/mol. The molecule has 0 saturated heterocycles. The zero-order valence-corrected chi connectivity index (χ0v) is 10.7. The number of aryl methyl sites for hydroxylation is 1. The van der Waals surface area contributed by atoms with E-state index in [1.54, 1.807) is 13.8 Å². The van der Waals surface area contributed by atoms with Crippen molar-refractivity contribution < 1.29 is 18.7 Å². The fourth-order valence-electron chi connectivity index (χ4n) is 1.42. The Bertz CT molecular complexity index is 460. The summed E-state index contributed by atoms with van der Waals surface area (Å²) in [5, 5.41) is 0. The van der Waals surface area contributed by atoms with Crippen LogP contribution in [-0.2, 0) is 9.53 Å². The van der Waals surface area contributed by atoms with Gasteiger partial charge in [-0.1, -0.05) is 6.07 Å². The number of nitrogens with zero attached hydrogens (tertiary/aromatic N) is 1. The van der Waals surface area contributed by atoms with Gasteiger partial charge in [-0.25, -0.2) is 4.39 Å². The SMILES string of the molecule is CCOC(=O)CN(C)C(=O)c1ccc(C)c(F)c1. The van der Waals surface area contributed by atoms with E-state index in [9.17, 15) is 14.0 Å². The molecule has 5 heteroatoms. The average molecular weight is 253 g/mol. The molecule has 0 atom stereocenters. The number of benzene rings is 1. The van der Waals surface area contributed by atoms with Crippen LogP contribution in [0.5, 0.6) is 0 Å². The van der Waals surface area contributed by atoms with Gasteiger partial charge in [-0.2, -0.15) is 0 Å². The molecule has 0 bridgehead atoms. The summed E-state index contributed by atoms with van der Waals surface area (Å²) in [4.78, 5) is 24.3. The fourth-order valence-corrected chi connectivity index (χ4v) is 1.42. The van der Waals surface area contributed by atoms with E-state index in [0.717, 1.165) is 0 Å². The number of hydrogen-bond acceptors (Lipinski definition) is 3. The minimum absolute atomic E-state index is 0.151. The maximum absolute atomic E-state index is 13.3. The molecule has 0 aromatic heterocycles. The highest BCUT2D eigenvalue weighted by Gasteiger charge is 2.16. The lowest BCUT2D eigenvalue weighted by Crippen LogP contribution is -2.33. The lowest BCUT2D eigenvalue weighted by Gasteiger charge is -2.16. The normalized spacial score (nSPS) is 10.0. The van der Waals surface area contributed by atoms with E-state index in [4.69, 9.17) is 4.74 Å². The van der Waals surface area contributed by atoms with Gasteiger partial charge in [-0.15, -0.1) is 0 Å². The van der Waals surface area contributed by atoms with E-state index in [1.807, 2.05) is 0 Å². The van der Waals surface area contributed by atoms with Crippen molar-refractivity contribution >= 4 is 11.9 Å². The first-order chi connectivity index (χ1) is 8.45. The van der Waals surface area contributed by atoms with Crippen LogP contribution in [-0.4, -0.2) is 37.0 Å². The zero-order chi connectivity index (χ0) is 13.7. The molecule has 0 N–H and O–H groups in total. The summed E-state index contributed by atoms with van der Waals surface area (Å²) in [7, 11) is 1.47. The molecule has 0 unspecified atom stereocenters. The Hall–Kier alpha value is -1.91. The van der Waals surface area contributed by atoms with Gasteiger partial charge in [0, 0.05) is 12.6 Å². The van der Waals surface area contributed by atoms with Gasteiger partial charge in [-0.3, -0.25) is 9.59 Å². The van der Waals surface area contributed by atoms with E-state index < -0.39 is 17.7 Å². The molecule has 4 nitrogen and oxygen atoms in total. The van der Waals surface area contributed by atoms with Crippen molar-refractivity contribution in [3.05, 3.63) is 35.1 Å². The highest BCUT2D eigenvalue weighted by Crippen LogP contribution is 2.11. The van der Waals surface area contributed by atoms with Crippen LogP contribution >= 0.6 is 0 Å². The zero-order valence-electron chi connectivity index (χ0n) is 10.7. The summed E-state index contributed by atoms with van der Waals surface area (Å²) < 4.78 is 18.1. The third kappa shape index (κ3) is 3.55. The molecule has 0 fully saturated rings. The summed E-state index contributed by atoms with van der Waals surface area (Å²) in [6.07, 6.45) is 0. The third-order valence-electron chi connectivity index (χ3n) is 2.44. The number of ether oxygens (including phenoxy) is 1.